The average Bonchev–Trinajstić information content (AvgIpc) is 2.65. The number of carbonyl (C=O) groups excluding carboxylic acids is 1. The minimum atomic E-state index is 0.0403. The molecule has 1 aromatic heterocycles. The number of nitrogen functional groups attached to an aromatic ring is 1. The van der Waals surface area contributed by atoms with Gasteiger partial charge in [-0.15, -0.1) is 0 Å². The van der Waals surface area contributed by atoms with Crippen LogP contribution in [0.1, 0.15) is 49.7 Å². The Kier molecular flexibility index (Phi) is 5.45. The lowest BCUT2D eigenvalue weighted by atomic mass is 9.89. The van der Waals surface area contributed by atoms with E-state index in [9.17, 15) is 4.79 Å². The van der Waals surface area contributed by atoms with E-state index < -0.39 is 0 Å². The summed E-state index contributed by atoms with van der Waals surface area (Å²) in [6.07, 6.45) is 3.37. The van der Waals surface area contributed by atoms with Crippen molar-refractivity contribution >= 4 is 28.2 Å². The molecule has 1 aromatic rings. The summed E-state index contributed by atoms with van der Waals surface area (Å²) in [5.41, 5.74) is 5.91. The van der Waals surface area contributed by atoms with Crippen molar-refractivity contribution in [1.82, 2.24) is 9.88 Å². The molecule has 1 unspecified atom stereocenters. The molecule has 1 aliphatic heterocycles. The van der Waals surface area contributed by atoms with E-state index in [0.717, 1.165) is 43.5 Å². The van der Waals surface area contributed by atoms with Gasteiger partial charge >= 0.3 is 0 Å². The van der Waals surface area contributed by atoms with Gasteiger partial charge in [0, 0.05) is 19.6 Å². The largest absolute Gasteiger partial charge is 0.382 e. The SMILES string of the molecule is CCNc1nc(N)c(C(=O)N2CCCC(C(C)C)CC2)s1. The van der Waals surface area contributed by atoms with Gasteiger partial charge in [-0.1, -0.05) is 25.2 Å². The molecule has 2 heterocycles. The second-order valence-corrected chi connectivity index (χ2v) is 6.99. The van der Waals surface area contributed by atoms with Crippen LogP contribution < -0.4 is 11.1 Å². The van der Waals surface area contributed by atoms with Gasteiger partial charge in [0.05, 0.1) is 0 Å². The Morgan fingerprint density at radius 2 is 2.24 bits per heavy atom. The molecule has 0 bridgehead atoms. The molecule has 0 saturated carbocycles. The fourth-order valence-corrected chi connectivity index (χ4v) is 3.77. The minimum Gasteiger partial charge on any atom is -0.382 e. The summed E-state index contributed by atoms with van der Waals surface area (Å²) in [7, 11) is 0. The van der Waals surface area contributed by atoms with Crippen LogP contribution in [0.4, 0.5) is 10.9 Å². The number of thiazole rings is 1. The summed E-state index contributed by atoms with van der Waals surface area (Å²) in [6.45, 7) is 8.98. The molecule has 118 valence electrons. The van der Waals surface area contributed by atoms with Gasteiger partial charge < -0.3 is 16.0 Å². The van der Waals surface area contributed by atoms with Crippen LogP contribution in [0.15, 0.2) is 0 Å². The normalized spacial score (nSPS) is 19.6. The second kappa shape index (κ2) is 7.11. The number of nitrogens with two attached hydrogens (primary N) is 1. The van der Waals surface area contributed by atoms with Gasteiger partial charge in [-0.05, 0) is 38.0 Å². The smallest absolute Gasteiger partial charge is 0.267 e. The number of aromatic nitrogens is 1. The van der Waals surface area contributed by atoms with Gasteiger partial charge in [0.1, 0.15) is 10.7 Å². The summed E-state index contributed by atoms with van der Waals surface area (Å²) in [5.74, 6) is 1.80. The van der Waals surface area contributed by atoms with Crippen molar-refractivity contribution in [3.05, 3.63) is 4.88 Å². The van der Waals surface area contributed by atoms with E-state index in [2.05, 4.69) is 24.1 Å². The van der Waals surface area contributed by atoms with Crippen LogP contribution in [0.3, 0.4) is 0 Å². The fourth-order valence-electron chi connectivity index (χ4n) is 2.85. The first-order chi connectivity index (χ1) is 10.0. The van der Waals surface area contributed by atoms with Crippen molar-refractivity contribution in [2.24, 2.45) is 11.8 Å². The van der Waals surface area contributed by atoms with E-state index >= 15 is 0 Å². The molecule has 5 nitrogen and oxygen atoms in total. The Hall–Kier alpha value is -1.30. The summed E-state index contributed by atoms with van der Waals surface area (Å²) >= 11 is 1.36. The van der Waals surface area contributed by atoms with E-state index in [0.29, 0.717) is 16.6 Å². The quantitative estimate of drug-likeness (QED) is 0.896. The number of likely N-dealkylation sites (tertiary alicyclic amines) is 1. The van der Waals surface area contributed by atoms with Gasteiger partial charge in [-0.25, -0.2) is 4.98 Å². The van der Waals surface area contributed by atoms with Gasteiger partial charge in [0.2, 0.25) is 0 Å². The number of hydrogen-bond donors (Lipinski definition) is 2. The van der Waals surface area contributed by atoms with E-state index in [4.69, 9.17) is 5.73 Å². The van der Waals surface area contributed by atoms with Crippen molar-refractivity contribution < 1.29 is 4.79 Å². The molecular formula is C15H26N4OS. The highest BCUT2D eigenvalue weighted by Gasteiger charge is 2.26. The third kappa shape index (κ3) is 3.87. The van der Waals surface area contributed by atoms with Crippen LogP contribution in [0.5, 0.6) is 0 Å². The van der Waals surface area contributed by atoms with Gasteiger partial charge in [0.15, 0.2) is 5.13 Å². The van der Waals surface area contributed by atoms with Gasteiger partial charge in [-0.3, -0.25) is 4.79 Å². The van der Waals surface area contributed by atoms with E-state index in [1.54, 1.807) is 0 Å². The maximum Gasteiger partial charge on any atom is 0.267 e. The van der Waals surface area contributed by atoms with Crippen LogP contribution in [0.2, 0.25) is 0 Å². The van der Waals surface area contributed by atoms with Crippen molar-refractivity contribution in [1.29, 1.82) is 0 Å². The summed E-state index contributed by atoms with van der Waals surface area (Å²) in [4.78, 5) is 19.4. The van der Waals surface area contributed by atoms with E-state index in [1.807, 2.05) is 11.8 Å². The molecule has 6 heteroatoms. The van der Waals surface area contributed by atoms with Crippen LogP contribution in [-0.4, -0.2) is 35.4 Å². The molecule has 1 atom stereocenters. The zero-order valence-corrected chi connectivity index (χ0v) is 14.0. The van der Waals surface area contributed by atoms with Crippen molar-refractivity contribution in [3.63, 3.8) is 0 Å². The second-order valence-electron chi connectivity index (χ2n) is 5.99. The Bertz CT molecular complexity index is 486. The third-order valence-corrected chi connectivity index (χ3v) is 5.20. The van der Waals surface area contributed by atoms with Crippen molar-refractivity contribution in [3.8, 4) is 0 Å². The lowest BCUT2D eigenvalue weighted by Gasteiger charge is -2.21. The first-order valence-corrected chi connectivity index (χ1v) is 8.64. The van der Waals surface area contributed by atoms with Gasteiger partial charge in [0.25, 0.3) is 5.91 Å². The highest BCUT2D eigenvalue weighted by molar-refractivity contribution is 7.18. The number of hydrogen-bond acceptors (Lipinski definition) is 5. The van der Waals surface area contributed by atoms with Crippen LogP contribution in [-0.2, 0) is 0 Å². The zero-order valence-electron chi connectivity index (χ0n) is 13.2. The molecule has 0 aromatic carbocycles. The maximum absolute atomic E-state index is 12.7. The standard InChI is InChI=1S/C15H26N4OS/c1-4-17-15-18-13(16)12(21-15)14(20)19-8-5-6-11(7-9-19)10(2)3/h10-11H,4-9,16H2,1-3H3,(H,17,18). The molecule has 0 spiro atoms. The van der Waals surface area contributed by atoms with Crippen LogP contribution in [0, 0.1) is 11.8 Å². The zero-order chi connectivity index (χ0) is 15.4. The lowest BCUT2D eigenvalue weighted by molar-refractivity contribution is 0.0764. The Labute approximate surface area is 130 Å². The molecule has 1 amide bonds. The van der Waals surface area contributed by atoms with Crippen LogP contribution >= 0.6 is 11.3 Å². The third-order valence-electron chi connectivity index (χ3n) is 4.18. The van der Waals surface area contributed by atoms with Crippen molar-refractivity contribution in [2.75, 3.05) is 30.7 Å². The fraction of sp³-hybridized carbons (Fsp3) is 0.733. The number of anilines is 2. The van der Waals surface area contributed by atoms with Gasteiger partial charge in [-0.2, -0.15) is 0 Å². The number of amides is 1. The molecule has 21 heavy (non-hydrogen) atoms. The molecule has 1 aliphatic rings. The number of nitrogens with zero attached hydrogens (tertiary/aromatic N) is 2. The number of nitrogens with one attached hydrogen (secondary N) is 1. The molecule has 1 fully saturated rings. The first-order valence-electron chi connectivity index (χ1n) is 7.82. The molecule has 0 aliphatic carbocycles. The molecule has 3 N–H and O–H groups in total. The predicted octanol–water partition coefficient (Wildman–Crippen LogP) is 3.06. The Morgan fingerprint density at radius 3 is 2.90 bits per heavy atom. The lowest BCUT2D eigenvalue weighted by Crippen LogP contribution is -2.32. The van der Waals surface area contributed by atoms with E-state index in [1.165, 1.54) is 17.8 Å². The molecule has 1 saturated heterocycles. The average molecular weight is 310 g/mol. The van der Waals surface area contributed by atoms with E-state index in [-0.39, 0.29) is 5.91 Å². The predicted molar refractivity (Wildman–Crippen MR) is 88.8 cm³/mol. The number of rotatable bonds is 4. The molecule has 0 radical (unpaired) electrons. The highest BCUT2D eigenvalue weighted by atomic mass is 32.1. The number of carbonyl (C=O) groups is 1. The Morgan fingerprint density at radius 1 is 1.48 bits per heavy atom. The Balaban J connectivity index is 2.06. The minimum absolute atomic E-state index is 0.0403. The maximum atomic E-state index is 12.7. The van der Waals surface area contributed by atoms with Crippen LogP contribution in [0.25, 0.3) is 0 Å². The highest BCUT2D eigenvalue weighted by Crippen LogP contribution is 2.29. The molecular weight excluding hydrogens is 284 g/mol. The summed E-state index contributed by atoms with van der Waals surface area (Å²) < 4.78 is 0. The first kappa shape index (κ1) is 16.1. The van der Waals surface area contributed by atoms with Crippen molar-refractivity contribution in [2.45, 2.75) is 40.0 Å². The molecule has 2 rings (SSSR count). The monoisotopic (exact) mass is 310 g/mol. The summed E-state index contributed by atoms with van der Waals surface area (Å²) in [5, 5.41) is 3.85. The topological polar surface area (TPSA) is 71.2 Å². The summed E-state index contributed by atoms with van der Waals surface area (Å²) in [6, 6.07) is 0.